The summed E-state index contributed by atoms with van der Waals surface area (Å²) in [5.41, 5.74) is 12.4. The van der Waals surface area contributed by atoms with E-state index in [0.29, 0.717) is 70.9 Å². The molecule has 8 aromatic rings. The fourth-order valence-corrected chi connectivity index (χ4v) is 10.2. The highest BCUT2D eigenvalue weighted by Gasteiger charge is 2.26. The van der Waals surface area contributed by atoms with Crippen molar-refractivity contribution < 1.29 is 9.85 Å². The molecule has 0 atom stereocenters. The van der Waals surface area contributed by atoms with Crippen molar-refractivity contribution in [2.75, 3.05) is 74.8 Å². The molecule has 0 unspecified atom stereocenters. The van der Waals surface area contributed by atoms with Crippen LogP contribution in [0.4, 0.5) is 46.0 Å². The smallest absolute Gasteiger partial charge is 0.294 e. The van der Waals surface area contributed by atoms with Gasteiger partial charge in [-0.25, -0.2) is 19.9 Å². The number of anilines is 6. The van der Waals surface area contributed by atoms with Gasteiger partial charge in [0.2, 0.25) is 11.9 Å². The van der Waals surface area contributed by atoms with Gasteiger partial charge in [0, 0.05) is 106 Å². The SMILES string of the molecule is C.CNCCN(C)c1cc(C)c(Nc2ncc(C#N)c(-c3cn4c5c(cccc35)CCC4)n2)cc1[N+](=O)[O-].Cc1cc(N(C)CCN(C)C(C)C)c([N+](=O)[O-])cc1Nc1ncc(C#N)c(-c2cn3c4c(cccc24)CCC3)n1. The maximum Gasteiger partial charge on any atom is 0.294 e. The van der Waals surface area contributed by atoms with Crippen LogP contribution >= 0.6 is 0 Å². The van der Waals surface area contributed by atoms with Crippen molar-refractivity contribution in [3.63, 3.8) is 0 Å². The van der Waals surface area contributed by atoms with Crippen LogP contribution in [0.25, 0.3) is 44.3 Å². The zero-order valence-electron chi connectivity index (χ0n) is 44.7. The first-order chi connectivity index (χ1) is 37.1. The van der Waals surface area contributed by atoms with Gasteiger partial charge >= 0.3 is 0 Å². The molecule has 0 saturated carbocycles. The maximum absolute atomic E-state index is 12.1. The fourth-order valence-electron chi connectivity index (χ4n) is 10.2. The molecule has 78 heavy (non-hydrogen) atoms. The molecule has 6 heterocycles. The van der Waals surface area contributed by atoms with E-state index in [1.54, 1.807) is 6.07 Å². The van der Waals surface area contributed by atoms with Gasteiger partial charge in [0.25, 0.3) is 11.4 Å². The van der Waals surface area contributed by atoms with E-state index in [1.807, 2.05) is 70.0 Å². The van der Waals surface area contributed by atoms with Crippen molar-refractivity contribution in [3.05, 3.63) is 139 Å². The van der Waals surface area contributed by atoms with Gasteiger partial charge in [-0.1, -0.05) is 43.8 Å². The van der Waals surface area contributed by atoms with Crippen molar-refractivity contribution in [2.45, 2.75) is 79.9 Å². The average Bonchev–Trinajstić information content (AvgIpc) is 4.02. The highest BCUT2D eigenvalue weighted by atomic mass is 16.6. The molecule has 3 N–H and O–H groups in total. The maximum atomic E-state index is 12.1. The summed E-state index contributed by atoms with van der Waals surface area (Å²) in [7, 11) is 7.59. The van der Waals surface area contributed by atoms with Gasteiger partial charge in [-0.15, -0.1) is 0 Å². The number of nitro groups is 2. The summed E-state index contributed by atoms with van der Waals surface area (Å²) in [5.74, 6) is 0.549. The number of aromatic nitrogens is 6. The van der Waals surface area contributed by atoms with Gasteiger partial charge in [-0.3, -0.25) is 20.2 Å². The van der Waals surface area contributed by atoms with E-state index in [9.17, 15) is 30.8 Å². The molecule has 20 heteroatoms. The summed E-state index contributed by atoms with van der Waals surface area (Å²) >= 11 is 0. The van der Waals surface area contributed by atoms with Crippen LogP contribution in [0, 0.1) is 56.7 Å². The third kappa shape index (κ3) is 11.1. The van der Waals surface area contributed by atoms with Crippen molar-refractivity contribution in [3.8, 4) is 34.7 Å². The molecular weight excluding hydrogens is 985 g/mol. The van der Waals surface area contributed by atoms with Gasteiger partial charge in [-0.05, 0) is 102 Å². The number of nitriles is 2. The molecule has 4 aromatic carbocycles. The van der Waals surface area contributed by atoms with E-state index < -0.39 is 0 Å². The summed E-state index contributed by atoms with van der Waals surface area (Å²) < 4.78 is 4.47. The summed E-state index contributed by atoms with van der Waals surface area (Å²) in [6.45, 7) is 12.6. The summed E-state index contributed by atoms with van der Waals surface area (Å²) in [4.78, 5) is 47.4. The summed E-state index contributed by atoms with van der Waals surface area (Å²) in [6.07, 6.45) is 11.3. The Hall–Kier alpha value is -8.98. The minimum atomic E-state index is -0.380. The Morgan fingerprint density at radius 2 is 1.14 bits per heavy atom. The number of likely N-dealkylation sites (N-methyl/N-ethyl adjacent to an activating group) is 4. The van der Waals surface area contributed by atoms with Gasteiger partial charge in [-0.2, -0.15) is 10.5 Å². The Bertz CT molecular complexity index is 3660. The van der Waals surface area contributed by atoms with E-state index in [0.717, 1.165) is 78.3 Å². The predicted molar refractivity (Wildman–Crippen MR) is 309 cm³/mol. The van der Waals surface area contributed by atoms with E-state index in [-0.39, 0.29) is 40.5 Å². The molecule has 0 spiro atoms. The van der Waals surface area contributed by atoms with Crippen LogP contribution in [-0.2, 0) is 25.9 Å². The van der Waals surface area contributed by atoms with Crippen LogP contribution in [0.5, 0.6) is 0 Å². The minimum Gasteiger partial charge on any atom is -0.368 e. The standard InChI is InChI=1S/C30H34N8O2.C27H28N8O2.CH4/c1-19(2)35(4)12-13-36(5)26-14-20(3)25(15-27(26)38(39)40)33-30-32-17-22(16-31)28(34-30)24-18-37-11-7-9-21-8-6-10-23(24)29(21)37;1-17-12-23(33(3)11-9-29-2)24(35(36)37)13-22(17)31-27-30-15-19(14-28)25(32-27)21-16-34-10-5-7-18-6-4-8-20(21)26(18)34;/h6,8,10,14-15,17-19H,7,9,11-13H2,1-5H3,(H,32,33,34);4,6,8,12-13,15-16,29H,5,7,9-11H2,1-3H3,(H,30,31,32);1H4. The van der Waals surface area contributed by atoms with Crippen molar-refractivity contribution in [1.82, 2.24) is 39.3 Å². The highest BCUT2D eigenvalue weighted by Crippen LogP contribution is 2.40. The number of nitrogens with one attached hydrogen (secondary N) is 3. The van der Waals surface area contributed by atoms with E-state index in [2.05, 4.69) is 103 Å². The molecule has 2 aliphatic heterocycles. The Morgan fingerprint density at radius 3 is 1.55 bits per heavy atom. The van der Waals surface area contributed by atoms with Gasteiger partial charge in [0.15, 0.2) is 0 Å². The molecule has 402 valence electrons. The molecular formula is C58H66N16O4. The van der Waals surface area contributed by atoms with E-state index >= 15 is 0 Å². The van der Waals surface area contributed by atoms with Crippen LogP contribution in [0.15, 0.2) is 85.5 Å². The lowest BCUT2D eigenvalue weighted by Gasteiger charge is -2.26. The van der Waals surface area contributed by atoms with Crippen molar-refractivity contribution in [2.24, 2.45) is 0 Å². The average molecular weight is 1050 g/mol. The first-order valence-electron chi connectivity index (χ1n) is 25.7. The topological polar surface area (TPSA) is 241 Å². The highest BCUT2D eigenvalue weighted by molar-refractivity contribution is 5.99. The normalized spacial score (nSPS) is 12.4. The molecule has 0 saturated heterocycles. The number of hydrogen-bond donors (Lipinski definition) is 3. The Morgan fingerprint density at radius 1 is 0.692 bits per heavy atom. The number of rotatable bonds is 17. The number of para-hydroxylation sites is 2. The number of nitrogens with zero attached hydrogens (tertiary/aromatic N) is 13. The molecule has 0 aliphatic carbocycles. The molecule has 4 aromatic heterocycles. The molecule has 2 aliphatic rings. The van der Waals surface area contributed by atoms with Gasteiger partial charge < -0.3 is 39.8 Å². The monoisotopic (exact) mass is 1050 g/mol. The summed E-state index contributed by atoms with van der Waals surface area (Å²) in [5, 5.41) is 55.1. The number of benzene rings is 4. The van der Waals surface area contributed by atoms with Crippen LogP contribution in [-0.4, -0.2) is 104 Å². The zero-order valence-corrected chi connectivity index (χ0v) is 44.7. The molecule has 0 bridgehead atoms. The van der Waals surface area contributed by atoms with Crippen molar-refractivity contribution >= 4 is 67.8 Å². The summed E-state index contributed by atoms with van der Waals surface area (Å²) in [6, 6.07) is 24.0. The third-order valence-corrected chi connectivity index (χ3v) is 14.7. The first kappa shape index (κ1) is 55.3. The molecule has 20 nitrogen and oxygen atoms in total. The number of nitro benzene ring substituents is 2. The van der Waals surface area contributed by atoms with Crippen molar-refractivity contribution in [1.29, 1.82) is 10.5 Å². The quantitative estimate of drug-likeness (QED) is 0.0567. The zero-order chi connectivity index (χ0) is 54.7. The largest absolute Gasteiger partial charge is 0.368 e. The fraction of sp³-hybridized carbons (Fsp3) is 0.345. The lowest BCUT2D eigenvalue weighted by Crippen LogP contribution is -2.34. The van der Waals surface area contributed by atoms with E-state index in [1.165, 1.54) is 46.7 Å². The molecule has 0 amide bonds. The predicted octanol–water partition coefficient (Wildman–Crippen LogP) is 10.8. The lowest BCUT2D eigenvalue weighted by atomic mass is 10.0. The minimum absolute atomic E-state index is 0. The second-order valence-electron chi connectivity index (χ2n) is 20.0. The van der Waals surface area contributed by atoms with Crippen LogP contribution in [0.2, 0.25) is 0 Å². The third-order valence-electron chi connectivity index (χ3n) is 14.7. The van der Waals surface area contributed by atoms with Gasteiger partial charge in [0.05, 0.1) is 67.2 Å². The lowest BCUT2D eigenvalue weighted by molar-refractivity contribution is -0.384. The second-order valence-corrected chi connectivity index (χ2v) is 20.0. The number of hydrogen-bond acceptors (Lipinski definition) is 16. The molecule has 0 fully saturated rings. The Balaban J connectivity index is 0.000000204. The van der Waals surface area contributed by atoms with Crippen LogP contribution in [0.1, 0.15) is 67.5 Å². The Kier molecular flexibility index (Phi) is 16.6. The van der Waals surface area contributed by atoms with Gasteiger partial charge in [0.1, 0.15) is 23.5 Å². The number of aryl methyl sites for hydroxylation is 6. The van der Waals surface area contributed by atoms with Crippen LogP contribution in [0.3, 0.4) is 0 Å². The second kappa shape index (κ2) is 23.5. The Labute approximate surface area is 454 Å². The first-order valence-corrected chi connectivity index (χ1v) is 25.7. The van der Waals surface area contributed by atoms with Crippen LogP contribution < -0.4 is 25.8 Å². The van der Waals surface area contributed by atoms with E-state index in [4.69, 9.17) is 9.97 Å². The molecule has 10 rings (SSSR count). The molecule has 0 radical (unpaired) electrons.